The van der Waals surface area contributed by atoms with Gasteiger partial charge < -0.3 is 19.1 Å². The Hall–Kier alpha value is -1.89. The fraction of sp³-hybridized carbons (Fsp3) is 0.571. The van der Waals surface area contributed by atoms with Crippen molar-refractivity contribution in [3.8, 4) is 0 Å². The Morgan fingerprint density at radius 2 is 2.00 bits per heavy atom. The summed E-state index contributed by atoms with van der Waals surface area (Å²) < 4.78 is 20.0. The number of aromatic nitrogens is 2. The maximum Gasteiger partial charge on any atom is 0.187 e. The van der Waals surface area contributed by atoms with E-state index >= 15 is 0 Å². The van der Waals surface area contributed by atoms with Crippen molar-refractivity contribution in [2.24, 2.45) is 0 Å². The van der Waals surface area contributed by atoms with E-state index < -0.39 is 5.79 Å². The molecule has 1 spiro atoms. The van der Waals surface area contributed by atoms with Gasteiger partial charge >= 0.3 is 0 Å². The molecular weight excluding hydrogens is 342 g/mol. The van der Waals surface area contributed by atoms with Crippen molar-refractivity contribution in [3.05, 3.63) is 48.2 Å². The van der Waals surface area contributed by atoms with Crippen LogP contribution in [0.25, 0.3) is 0 Å². The van der Waals surface area contributed by atoms with Crippen molar-refractivity contribution in [2.45, 2.75) is 44.6 Å². The van der Waals surface area contributed by atoms with Crippen molar-refractivity contribution < 1.29 is 14.2 Å². The highest BCUT2D eigenvalue weighted by atomic mass is 16.7. The van der Waals surface area contributed by atoms with Gasteiger partial charge in [0.1, 0.15) is 6.10 Å². The quantitative estimate of drug-likeness (QED) is 0.700. The van der Waals surface area contributed by atoms with E-state index in [2.05, 4.69) is 42.2 Å². The van der Waals surface area contributed by atoms with Crippen molar-refractivity contribution in [1.29, 1.82) is 0 Å². The molecule has 1 aromatic carbocycles. The molecule has 2 fully saturated rings. The molecule has 4 rings (SSSR count). The number of benzene rings is 1. The van der Waals surface area contributed by atoms with Crippen molar-refractivity contribution in [2.75, 3.05) is 37.8 Å². The van der Waals surface area contributed by atoms with E-state index in [1.54, 1.807) is 0 Å². The first-order chi connectivity index (χ1) is 13.3. The number of anilines is 1. The van der Waals surface area contributed by atoms with E-state index in [0.717, 1.165) is 51.3 Å². The topological polar surface area (TPSA) is 48.8 Å². The summed E-state index contributed by atoms with van der Waals surface area (Å²) in [6.45, 7) is 6.57. The number of ether oxygens (including phenoxy) is 3. The van der Waals surface area contributed by atoms with Crippen LogP contribution >= 0.6 is 0 Å². The summed E-state index contributed by atoms with van der Waals surface area (Å²) in [5.74, 6) is 0.477. The van der Waals surface area contributed by atoms with Crippen LogP contribution in [0.15, 0.2) is 42.6 Å². The molecule has 2 aliphatic rings. The number of rotatable bonds is 7. The van der Waals surface area contributed by atoms with Crippen LogP contribution < -0.4 is 4.90 Å². The molecule has 2 aromatic rings. The Morgan fingerprint density at radius 1 is 1.19 bits per heavy atom. The van der Waals surface area contributed by atoms with Gasteiger partial charge in [0, 0.05) is 31.8 Å². The van der Waals surface area contributed by atoms with Gasteiger partial charge in [-0.25, -0.2) is 0 Å². The zero-order valence-electron chi connectivity index (χ0n) is 16.0. The molecule has 0 radical (unpaired) electrons. The van der Waals surface area contributed by atoms with E-state index in [0.29, 0.717) is 13.2 Å². The monoisotopic (exact) mass is 371 g/mol. The standard InChI is InChI=1S/C21H29N3O3/c1-2-3-13-25-19-15-26-21(27-16-19)10-12-23(17-21)20-9-11-24(22-20)14-18-7-5-4-6-8-18/h4-9,11,19H,2-3,10,12-17H2,1H3. The zero-order valence-corrected chi connectivity index (χ0v) is 16.0. The van der Waals surface area contributed by atoms with Gasteiger partial charge in [-0.05, 0) is 12.0 Å². The second-order valence-electron chi connectivity index (χ2n) is 7.41. The van der Waals surface area contributed by atoms with Crippen molar-refractivity contribution in [1.82, 2.24) is 9.78 Å². The van der Waals surface area contributed by atoms with Gasteiger partial charge in [-0.3, -0.25) is 4.68 Å². The van der Waals surface area contributed by atoms with Crippen LogP contribution in [0.2, 0.25) is 0 Å². The second-order valence-corrected chi connectivity index (χ2v) is 7.41. The van der Waals surface area contributed by atoms with E-state index in [1.807, 2.05) is 16.9 Å². The van der Waals surface area contributed by atoms with Gasteiger partial charge in [-0.1, -0.05) is 43.7 Å². The lowest BCUT2D eigenvalue weighted by atomic mass is 10.2. The molecule has 0 unspecified atom stereocenters. The largest absolute Gasteiger partial charge is 0.373 e. The van der Waals surface area contributed by atoms with E-state index in [-0.39, 0.29) is 6.10 Å². The summed E-state index contributed by atoms with van der Waals surface area (Å²) in [6.07, 6.45) is 5.18. The summed E-state index contributed by atoms with van der Waals surface area (Å²) in [6, 6.07) is 12.5. The SMILES string of the molecule is CCCCOC1COC2(CCN(c3ccn(Cc4ccccc4)n3)C2)OC1. The van der Waals surface area contributed by atoms with Gasteiger partial charge in [-0.15, -0.1) is 0 Å². The maximum absolute atomic E-state index is 6.10. The van der Waals surface area contributed by atoms with Crippen LogP contribution in [0.5, 0.6) is 0 Å². The molecule has 0 N–H and O–H groups in total. The van der Waals surface area contributed by atoms with Crippen LogP contribution in [0.3, 0.4) is 0 Å². The minimum absolute atomic E-state index is 0.0568. The van der Waals surface area contributed by atoms with Crippen LogP contribution in [0, 0.1) is 0 Å². The lowest BCUT2D eigenvalue weighted by Crippen LogP contribution is -2.49. The average Bonchev–Trinajstić information content (AvgIpc) is 3.32. The third-order valence-corrected chi connectivity index (χ3v) is 5.25. The molecule has 0 atom stereocenters. The van der Waals surface area contributed by atoms with E-state index in [1.165, 1.54) is 5.56 Å². The maximum atomic E-state index is 6.10. The number of nitrogens with zero attached hydrogens (tertiary/aromatic N) is 3. The van der Waals surface area contributed by atoms with Gasteiger partial charge in [0.25, 0.3) is 0 Å². The van der Waals surface area contributed by atoms with E-state index in [9.17, 15) is 0 Å². The molecule has 2 aliphatic heterocycles. The molecule has 2 saturated heterocycles. The van der Waals surface area contributed by atoms with Crippen molar-refractivity contribution >= 4 is 5.82 Å². The van der Waals surface area contributed by atoms with Gasteiger partial charge in [0.15, 0.2) is 11.6 Å². The first kappa shape index (κ1) is 18.5. The number of unbranched alkanes of at least 4 members (excludes halogenated alkanes) is 1. The Labute approximate surface area is 161 Å². The van der Waals surface area contributed by atoms with Crippen LogP contribution in [-0.2, 0) is 20.8 Å². The molecule has 0 saturated carbocycles. The van der Waals surface area contributed by atoms with Crippen LogP contribution in [0.1, 0.15) is 31.7 Å². The Morgan fingerprint density at radius 3 is 2.78 bits per heavy atom. The zero-order chi connectivity index (χ0) is 18.5. The third kappa shape index (κ3) is 4.51. The number of hydrogen-bond acceptors (Lipinski definition) is 5. The first-order valence-electron chi connectivity index (χ1n) is 9.98. The highest BCUT2D eigenvalue weighted by Crippen LogP contribution is 2.32. The smallest absolute Gasteiger partial charge is 0.187 e. The Kier molecular flexibility index (Phi) is 5.76. The van der Waals surface area contributed by atoms with Gasteiger partial charge in [0.2, 0.25) is 0 Å². The highest BCUT2D eigenvalue weighted by Gasteiger charge is 2.44. The average molecular weight is 371 g/mol. The molecule has 27 heavy (non-hydrogen) atoms. The molecule has 0 bridgehead atoms. The van der Waals surface area contributed by atoms with E-state index in [4.69, 9.17) is 19.3 Å². The highest BCUT2D eigenvalue weighted by molar-refractivity contribution is 5.39. The van der Waals surface area contributed by atoms with Crippen molar-refractivity contribution in [3.63, 3.8) is 0 Å². The molecule has 3 heterocycles. The minimum atomic E-state index is -0.506. The fourth-order valence-corrected chi connectivity index (χ4v) is 3.63. The molecule has 6 heteroatoms. The molecule has 146 valence electrons. The summed E-state index contributed by atoms with van der Waals surface area (Å²) >= 11 is 0. The second kappa shape index (κ2) is 8.42. The molecule has 6 nitrogen and oxygen atoms in total. The van der Waals surface area contributed by atoms with Gasteiger partial charge in [0.05, 0.1) is 26.3 Å². The molecule has 0 amide bonds. The van der Waals surface area contributed by atoms with Crippen LogP contribution in [0.4, 0.5) is 5.82 Å². The summed E-state index contributed by atoms with van der Waals surface area (Å²) in [4.78, 5) is 2.25. The summed E-state index contributed by atoms with van der Waals surface area (Å²) in [7, 11) is 0. The Balaban J connectivity index is 1.30. The lowest BCUT2D eigenvalue weighted by Gasteiger charge is -2.37. The Bertz CT molecular complexity index is 710. The molecular formula is C21H29N3O3. The third-order valence-electron chi connectivity index (χ3n) is 5.25. The van der Waals surface area contributed by atoms with Crippen LogP contribution in [-0.4, -0.2) is 54.6 Å². The lowest BCUT2D eigenvalue weighted by molar-refractivity contribution is -0.286. The van der Waals surface area contributed by atoms with Gasteiger partial charge in [-0.2, -0.15) is 5.10 Å². The predicted octanol–water partition coefficient (Wildman–Crippen LogP) is 3.07. The first-order valence-corrected chi connectivity index (χ1v) is 9.98. The summed E-state index contributed by atoms with van der Waals surface area (Å²) in [5.41, 5.74) is 1.25. The minimum Gasteiger partial charge on any atom is -0.373 e. The fourth-order valence-electron chi connectivity index (χ4n) is 3.63. The summed E-state index contributed by atoms with van der Waals surface area (Å²) in [5, 5.41) is 4.74. The molecule has 1 aromatic heterocycles. The predicted molar refractivity (Wildman–Crippen MR) is 104 cm³/mol. The normalized spacial score (nSPS) is 25.4. The number of hydrogen-bond donors (Lipinski definition) is 0. The molecule has 0 aliphatic carbocycles.